The smallest absolute Gasteiger partial charge is 0.287 e. The molecule has 1 aliphatic carbocycles. The third-order valence-electron chi connectivity index (χ3n) is 6.18. The largest absolute Gasteiger partial charge is 0.449 e. The number of nitrogens with zero attached hydrogens (tertiary/aromatic N) is 3. The molecule has 2 amide bonds. The van der Waals surface area contributed by atoms with Crippen molar-refractivity contribution in [2.75, 3.05) is 19.6 Å². The molecule has 2 aliphatic rings. The van der Waals surface area contributed by atoms with Crippen LogP contribution in [0.2, 0.25) is 0 Å². The van der Waals surface area contributed by atoms with Crippen molar-refractivity contribution in [3.8, 4) is 0 Å². The predicted octanol–water partition coefficient (Wildman–Crippen LogP) is 2.22. The minimum absolute atomic E-state index is 0.0130. The Morgan fingerprint density at radius 1 is 1.36 bits per heavy atom. The minimum Gasteiger partial charge on any atom is -0.449 e. The molecule has 1 spiro atoms. The fourth-order valence-electron chi connectivity index (χ4n) is 4.33. The van der Waals surface area contributed by atoms with Crippen molar-refractivity contribution in [2.24, 2.45) is 11.3 Å². The second-order valence-electron chi connectivity index (χ2n) is 7.74. The number of pyridine rings is 1. The van der Waals surface area contributed by atoms with Crippen molar-refractivity contribution >= 4 is 22.8 Å². The molecule has 8 heteroatoms. The van der Waals surface area contributed by atoms with E-state index in [-0.39, 0.29) is 17.2 Å². The SMILES string of the molecule is O=C(NCC1CC12CCN(C(=O)c1c[nH]cn1)CC2)c1cc2ccncc2o1. The van der Waals surface area contributed by atoms with Gasteiger partial charge in [-0.25, -0.2) is 4.98 Å². The van der Waals surface area contributed by atoms with Gasteiger partial charge >= 0.3 is 0 Å². The number of likely N-dealkylation sites (tertiary alicyclic amines) is 1. The van der Waals surface area contributed by atoms with Crippen LogP contribution in [-0.4, -0.2) is 51.3 Å². The Balaban J connectivity index is 1.14. The molecule has 1 saturated carbocycles. The summed E-state index contributed by atoms with van der Waals surface area (Å²) in [6, 6.07) is 3.57. The Morgan fingerprint density at radius 3 is 2.96 bits per heavy atom. The van der Waals surface area contributed by atoms with Gasteiger partial charge in [-0.05, 0) is 42.7 Å². The molecule has 1 unspecified atom stereocenters. The number of H-pyrrole nitrogens is 1. The molecule has 1 saturated heterocycles. The summed E-state index contributed by atoms with van der Waals surface area (Å²) in [6.45, 7) is 2.13. The number of carbonyl (C=O) groups is 2. The summed E-state index contributed by atoms with van der Waals surface area (Å²) < 4.78 is 5.57. The topological polar surface area (TPSA) is 104 Å². The summed E-state index contributed by atoms with van der Waals surface area (Å²) in [4.78, 5) is 37.5. The Labute approximate surface area is 161 Å². The fourth-order valence-corrected chi connectivity index (χ4v) is 4.33. The maximum atomic E-state index is 12.4. The highest BCUT2D eigenvalue weighted by Gasteiger charge is 2.54. The molecule has 28 heavy (non-hydrogen) atoms. The molecule has 2 N–H and O–H groups in total. The Kier molecular flexibility index (Phi) is 3.92. The average Bonchev–Trinajstić information content (AvgIpc) is 3.13. The fraction of sp³-hybridized carbons (Fsp3) is 0.400. The first kappa shape index (κ1) is 17.0. The number of carbonyl (C=O) groups excluding carboxylic acids is 2. The van der Waals surface area contributed by atoms with Crippen LogP contribution < -0.4 is 5.32 Å². The van der Waals surface area contributed by atoms with Crippen LogP contribution in [0.3, 0.4) is 0 Å². The van der Waals surface area contributed by atoms with Crippen LogP contribution in [0.5, 0.6) is 0 Å². The van der Waals surface area contributed by atoms with Gasteiger partial charge in [-0.15, -0.1) is 0 Å². The van der Waals surface area contributed by atoms with Crippen molar-refractivity contribution in [2.45, 2.75) is 19.3 Å². The number of rotatable bonds is 4. The van der Waals surface area contributed by atoms with Gasteiger partial charge in [-0.1, -0.05) is 0 Å². The number of fused-ring (bicyclic) bond motifs is 1. The minimum atomic E-state index is -0.190. The van der Waals surface area contributed by atoms with Crippen LogP contribution in [0.25, 0.3) is 11.0 Å². The van der Waals surface area contributed by atoms with Crippen LogP contribution >= 0.6 is 0 Å². The lowest BCUT2D eigenvalue weighted by atomic mass is 9.90. The third kappa shape index (κ3) is 2.94. The Morgan fingerprint density at radius 2 is 2.21 bits per heavy atom. The number of amides is 2. The monoisotopic (exact) mass is 379 g/mol. The lowest BCUT2D eigenvalue weighted by Gasteiger charge is -2.32. The average molecular weight is 379 g/mol. The maximum absolute atomic E-state index is 12.4. The molecule has 5 rings (SSSR count). The van der Waals surface area contributed by atoms with Gasteiger partial charge in [0.15, 0.2) is 11.3 Å². The molecule has 1 atom stereocenters. The highest BCUT2D eigenvalue weighted by molar-refractivity contribution is 5.96. The van der Waals surface area contributed by atoms with Crippen molar-refractivity contribution in [1.29, 1.82) is 0 Å². The summed E-state index contributed by atoms with van der Waals surface area (Å²) >= 11 is 0. The molecular formula is C20H21N5O3. The number of aromatic nitrogens is 3. The van der Waals surface area contributed by atoms with E-state index in [2.05, 4.69) is 20.3 Å². The van der Waals surface area contributed by atoms with Crippen LogP contribution in [0.4, 0.5) is 0 Å². The van der Waals surface area contributed by atoms with Crippen molar-refractivity contribution in [3.05, 3.63) is 48.5 Å². The van der Waals surface area contributed by atoms with E-state index in [1.54, 1.807) is 24.7 Å². The zero-order chi connectivity index (χ0) is 19.1. The first-order valence-corrected chi connectivity index (χ1v) is 9.54. The van der Waals surface area contributed by atoms with Crippen LogP contribution in [0.1, 0.15) is 40.3 Å². The van der Waals surface area contributed by atoms with E-state index in [9.17, 15) is 9.59 Å². The molecule has 0 aromatic carbocycles. The molecule has 2 fully saturated rings. The molecule has 4 heterocycles. The van der Waals surface area contributed by atoms with Crippen molar-refractivity contribution in [3.63, 3.8) is 0 Å². The molecule has 0 bridgehead atoms. The van der Waals surface area contributed by atoms with E-state index in [1.807, 2.05) is 11.0 Å². The number of aromatic amines is 1. The Bertz CT molecular complexity index is 985. The summed E-state index contributed by atoms with van der Waals surface area (Å²) in [5.41, 5.74) is 1.34. The second-order valence-corrected chi connectivity index (χ2v) is 7.74. The van der Waals surface area contributed by atoms with Crippen LogP contribution in [0, 0.1) is 11.3 Å². The predicted molar refractivity (Wildman–Crippen MR) is 101 cm³/mol. The van der Waals surface area contributed by atoms with Gasteiger partial charge < -0.3 is 19.6 Å². The van der Waals surface area contributed by atoms with Crippen molar-refractivity contribution < 1.29 is 14.0 Å². The van der Waals surface area contributed by atoms with E-state index >= 15 is 0 Å². The number of piperidine rings is 1. The molecule has 144 valence electrons. The molecule has 3 aromatic heterocycles. The van der Waals surface area contributed by atoms with Crippen molar-refractivity contribution in [1.82, 2.24) is 25.2 Å². The second kappa shape index (κ2) is 6.47. The van der Waals surface area contributed by atoms with Gasteiger partial charge in [0.05, 0.1) is 12.5 Å². The summed E-state index contributed by atoms with van der Waals surface area (Å²) in [7, 11) is 0. The maximum Gasteiger partial charge on any atom is 0.287 e. The van der Waals surface area contributed by atoms with E-state index in [4.69, 9.17) is 4.42 Å². The quantitative estimate of drug-likeness (QED) is 0.723. The summed E-state index contributed by atoms with van der Waals surface area (Å²) in [6.07, 6.45) is 9.49. The highest BCUT2D eigenvalue weighted by Crippen LogP contribution is 2.59. The number of hydrogen-bond donors (Lipinski definition) is 2. The normalized spacial score (nSPS) is 20.4. The lowest BCUT2D eigenvalue weighted by molar-refractivity contribution is 0.0663. The summed E-state index contributed by atoms with van der Waals surface area (Å²) in [5, 5.41) is 3.87. The number of furan rings is 1. The van der Waals surface area contributed by atoms with Gasteiger partial charge in [0, 0.05) is 37.4 Å². The van der Waals surface area contributed by atoms with E-state index in [0.717, 1.165) is 37.7 Å². The van der Waals surface area contributed by atoms with Gasteiger partial charge in [0.1, 0.15) is 5.69 Å². The third-order valence-corrected chi connectivity index (χ3v) is 6.18. The van der Waals surface area contributed by atoms with Gasteiger partial charge in [0.25, 0.3) is 11.8 Å². The number of nitrogens with one attached hydrogen (secondary N) is 2. The van der Waals surface area contributed by atoms with Gasteiger partial charge in [0.2, 0.25) is 0 Å². The zero-order valence-corrected chi connectivity index (χ0v) is 15.4. The van der Waals surface area contributed by atoms with E-state index in [1.165, 1.54) is 6.33 Å². The highest BCUT2D eigenvalue weighted by atomic mass is 16.3. The molecule has 8 nitrogen and oxygen atoms in total. The van der Waals surface area contributed by atoms with Gasteiger partial charge in [-0.3, -0.25) is 14.6 Å². The molecule has 1 aliphatic heterocycles. The molecular weight excluding hydrogens is 358 g/mol. The Hall–Kier alpha value is -3.16. The zero-order valence-electron chi connectivity index (χ0n) is 15.4. The summed E-state index contributed by atoms with van der Waals surface area (Å²) in [5.74, 6) is 0.577. The van der Waals surface area contributed by atoms with Crippen LogP contribution in [-0.2, 0) is 0 Å². The first-order valence-electron chi connectivity index (χ1n) is 9.54. The van der Waals surface area contributed by atoms with Gasteiger partial charge in [-0.2, -0.15) is 0 Å². The standard InChI is InChI=1S/C20H21N5O3/c26-18(16-7-13-1-4-21-11-17(13)28-16)23-9-14-8-20(14)2-5-25(6-3-20)19(27)15-10-22-12-24-15/h1,4,7,10-12,14H,2-3,5-6,8-9H2,(H,22,24)(H,23,26). The number of hydrogen-bond acceptors (Lipinski definition) is 5. The van der Waals surface area contributed by atoms with E-state index < -0.39 is 0 Å². The first-order chi connectivity index (χ1) is 13.6. The van der Waals surface area contributed by atoms with E-state index in [0.29, 0.717) is 29.5 Å². The molecule has 3 aromatic rings. The lowest BCUT2D eigenvalue weighted by Crippen LogP contribution is -2.40. The van der Waals surface area contributed by atoms with Crippen LogP contribution in [0.15, 0.2) is 41.5 Å². The molecule has 0 radical (unpaired) electrons. The number of imidazole rings is 1.